The maximum atomic E-state index is 11.9. The van der Waals surface area contributed by atoms with Crippen LogP contribution in [0.2, 0.25) is 5.02 Å². The average molecular weight is 352 g/mol. The number of amides is 2. The number of carbonyl (C=O) groups excluding carboxylic acids is 2. The minimum Gasteiger partial charge on any atom is -0.450 e. The summed E-state index contributed by atoms with van der Waals surface area (Å²) < 4.78 is 4.72. The lowest BCUT2D eigenvalue weighted by molar-refractivity contribution is -0.122. The Labute approximate surface area is 144 Å². The lowest BCUT2D eigenvalue weighted by atomic mass is 10.1. The van der Waals surface area contributed by atoms with Crippen molar-refractivity contribution in [2.24, 2.45) is 0 Å². The number of aromatic nitrogens is 3. The van der Waals surface area contributed by atoms with Gasteiger partial charge >= 0.3 is 6.09 Å². The zero-order chi connectivity index (χ0) is 17.4. The predicted molar refractivity (Wildman–Crippen MR) is 88.8 cm³/mol. The molecule has 0 aliphatic carbocycles. The molecule has 1 heterocycles. The highest BCUT2D eigenvalue weighted by atomic mass is 35.5. The van der Waals surface area contributed by atoms with Crippen molar-refractivity contribution in [3.8, 4) is 0 Å². The molecule has 0 saturated heterocycles. The van der Waals surface area contributed by atoms with Gasteiger partial charge in [0.15, 0.2) is 5.82 Å². The summed E-state index contributed by atoms with van der Waals surface area (Å²) in [6.07, 6.45) is 1.40. The second-order valence-corrected chi connectivity index (χ2v) is 5.27. The minimum atomic E-state index is -0.615. The van der Waals surface area contributed by atoms with E-state index in [4.69, 9.17) is 16.3 Å². The highest BCUT2D eigenvalue weighted by Crippen LogP contribution is 2.10. The molecule has 0 fully saturated rings. The van der Waals surface area contributed by atoms with Crippen LogP contribution < -0.4 is 10.6 Å². The van der Waals surface area contributed by atoms with E-state index in [-0.39, 0.29) is 24.9 Å². The van der Waals surface area contributed by atoms with Crippen molar-refractivity contribution in [3.63, 3.8) is 0 Å². The SMILES string of the molecule is CCOC(=O)Nc1cnn(CC(=O)NCCc2cccc(Cl)c2)n1. The molecule has 2 rings (SSSR count). The molecule has 0 unspecified atom stereocenters. The van der Waals surface area contributed by atoms with Crippen molar-refractivity contribution in [1.29, 1.82) is 0 Å². The van der Waals surface area contributed by atoms with Crippen LogP contribution in [-0.2, 0) is 22.5 Å². The lowest BCUT2D eigenvalue weighted by Crippen LogP contribution is -2.30. The number of halogens is 1. The molecule has 0 spiro atoms. The van der Waals surface area contributed by atoms with E-state index in [9.17, 15) is 9.59 Å². The second-order valence-electron chi connectivity index (χ2n) is 4.84. The van der Waals surface area contributed by atoms with Crippen molar-refractivity contribution in [2.75, 3.05) is 18.5 Å². The summed E-state index contributed by atoms with van der Waals surface area (Å²) in [7, 11) is 0. The van der Waals surface area contributed by atoms with E-state index in [1.807, 2.05) is 18.2 Å². The molecule has 2 amide bonds. The molecule has 0 saturated carbocycles. The van der Waals surface area contributed by atoms with Crippen LogP contribution in [0.1, 0.15) is 12.5 Å². The molecule has 2 N–H and O–H groups in total. The summed E-state index contributed by atoms with van der Waals surface area (Å²) in [4.78, 5) is 24.3. The number of nitrogens with one attached hydrogen (secondary N) is 2. The maximum Gasteiger partial charge on any atom is 0.412 e. The van der Waals surface area contributed by atoms with Gasteiger partial charge in [-0.3, -0.25) is 10.1 Å². The third-order valence-electron chi connectivity index (χ3n) is 2.95. The molecule has 8 nitrogen and oxygen atoms in total. The number of benzene rings is 1. The summed E-state index contributed by atoms with van der Waals surface area (Å²) >= 11 is 5.91. The Bertz CT molecular complexity index is 704. The van der Waals surface area contributed by atoms with Gasteiger partial charge in [-0.2, -0.15) is 9.90 Å². The quantitative estimate of drug-likeness (QED) is 0.793. The smallest absolute Gasteiger partial charge is 0.412 e. The Morgan fingerprint density at radius 3 is 2.96 bits per heavy atom. The van der Waals surface area contributed by atoms with Crippen LogP contribution in [0.15, 0.2) is 30.5 Å². The Kier molecular flexibility index (Phi) is 6.56. The van der Waals surface area contributed by atoms with E-state index in [0.29, 0.717) is 18.0 Å². The first-order valence-corrected chi connectivity index (χ1v) is 7.79. The molecule has 0 aliphatic rings. The minimum absolute atomic E-state index is 0.0416. The highest BCUT2D eigenvalue weighted by molar-refractivity contribution is 6.30. The predicted octanol–water partition coefficient (Wildman–Crippen LogP) is 1.86. The summed E-state index contributed by atoms with van der Waals surface area (Å²) in [5.74, 6) is -0.00418. The van der Waals surface area contributed by atoms with Crippen LogP contribution in [0.25, 0.3) is 0 Å². The summed E-state index contributed by atoms with van der Waals surface area (Å²) in [5.41, 5.74) is 1.04. The van der Waals surface area contributed by atoms with Gasteiger partial charge in [0.25, 0.3) is 0 Å². The van der Waals surface area contributed by atoms with Crippen molar-refractivity contribution >= 4 is 29.4 Å². The van der Waals surface area contributed by atoms with Crippen molar-refractivity contribution in [3.05, 3.63) is 41.0 Å². The molecule has 0 aliphatic heterocycles. The highest BCUT2D eigenvalue weighted by Gasteiger charge is 2.08. The molecule has 0 radical (unpaired) electrons. The number of hydrogen-bond acceptors (Lipinski definition) is 5. The number of anilines is 1. The van der Waals surface area contributed by atoms with Crippen molar-refractivity contribution < 1.29 is 14.3 Å². The average Bonchev–Trinajstić information content (AvgIpc) is 2.94. The summed E-state index contributed by atoms with van der Waals surface area (Å²) in [5, 5.41) is 13.7. The van der Waals surface area contributed by atoms with Gasteiger partial charge in [-0.05, 0) is 31.0 Å². The van der Waals surface area contributed by atoms with Crippen LogP contribution >= 0.6 is 11.6 Å². The Morgan fingerprint density at radius 2 is 2.21 bits per heavy atom. The molecule has 0 bridgehead atoms. The molecular formula is C15H18ClN5O3. The molecule has 128 valence electrons. The van der Waals surface area contributed by atoms with Gasteiger partial charge in [0, 0.05) is 11.6 Å². The number of nitrogens with zero attached hydrogens (tertiary/aromatic N) is 3. The molecule has 1 aromatic heterocycles. The fourth-order valence-corrected chi connectivity index (χ4v) is 2.14. The van der Waals surface area contributed by atoms with E-state index in [1.165, 1.54) is 11.0 Å². The normalized spacial score (nSPS) is 10.2. The van der Waals surface area contributed by atoms with Gasteiger partial charge in [-0.1, -0.05) is 23.7 Å². The summed E-state index contributed by atoms with van der Waals surface area (Å²) in [6, 6.07) is 7.47. The summed E-state index contributed by atoms with van der Waals surface area (Å²) in [6.45, 7) is 2.40. The molecule has 24 heavy (non-hydrogen) atoms. The Hall–Kier alpha value is -2.61. The second kappa shape index (κ2) is 8.88. The van der Waals surface area contributed by atoms with E-state index < -0.39 is 6.09 Å². The molecule has 1 aromatic carbocycles. The van der Waals surface area contributed by atoms with Gasteiger partial charge in [-0.15, -0.1) is 5.10 Å². The van der Waals surface area contributed by atoms with E-state index in [1.54, 1.807) is 13.0 Å². The fourth-order valence-electron chi connectivity index (χ4n) is 1.93. The van der Waals surface area contributed by atoms with E-state index in [0.717, 1.165) is 5.56 Å². The van der Waals surface area contributed by atoms with E-state index >= 15 is 0 Å². The fraction of sp³-hybridized carbons (Fsp3) is 0.333. The maximum absolute atomic E-state index is 11.9. The van der Waals surface area contributed by atoms with Crippen LogP contribution in [0, 0.1) is 0 Å². The van der Waals surface area contributed by atoms with Gasteiger partial charge in [0.2, 0.25) is 5.91 Å². The van der Waals surface area contributed by atoms with Crippen LogP contribution in [0.4, 0.5) is 10.6 Å². The number of ether oxygens (including phenoxy) is 1. The largest absolute Gasteiger partial charge is 0.450 e. The Balaban J connectivity index is 1.74. The molecule has 9 heteroatoms. The first kappa shape index (κ1) is 17.7. The van der Waals surface area contributed by atoms with Gasteiger partial charge in [0.05, 0.1) is 12.8 Å². The third kappa shape index (κ3) is 5.88. The lowest BCUT2D eigenvalue weighted by Gasteiger charge is -2.05. The van der Waals surface area contributed by atoms with Crippen LogP contribution in [0.3, 0.4) is 0 Å². The van der Waals surface area contributed by atoms with Gasteiger partial charge in [0.1, 0.15) is 6.54 Å². The van der Waals surface area contributed by atoms with E-state index in [2.05, 4.69) is 20.8 Å². The molecule has 2 aromatic rings. The Morgan fingerprint density at radius 1 is 1.38 bits per heavy atom. The van der Waals surface area contributed by atoms with Crippen molar-refractivity contribution in [1.82, 2.24) is 20.3 Å². The van der Waals surface area contributed by atoms with Gasteiger partial charge in [-0.25, -0.2) is 4.79 Å². The third-order valence-corrected chi connectivity index (χ3v) is 3.19. The standard InChI is InChI=1S/C15H18ClN5O3/c1-2-24-15(23)19-13-9-18-21(20-13)10-14(22)17-7-6-11-4-3-5-12(16)8-11/h3-5,8-9H,2,6-7,10H2,1H3,(H,17,22)(H,19,20,23). The monoisotopic (exact) mass is 351 g/mol. The number of hydrogen-bond donors (Lipinski definition) is 2. The van der Waals surface area contributed by atoms with Gasteiger partial charge < -0.3 is 10.1 Å². The molecular weight excluding hydrogens is 334 g/mol. The molecule has 0 atom stereocenters. The van der Waals surface area contributed by atoms with Crippen molar-refractivity contribution in [2.45, 2.75) is 19.9 Å². The first-order chi connectivity index (χ1) is 11.6. The van der Waals surface area contributed by atoms with Crippen LogP contribution in [0.5, 0.6) is 0 Å². The number of rotatable bonds is 7. The van der Waals surface area contributed by atoms with Crippen LogP contribution in [-0.4, -0.2) is 40.1 Å². The zero-order valence-corrected chi connectivity index (χ0v) is 13.9. The topological polar surface area (TPSA) is 98.1 Å². The number of carbonyl (C=O) groups is 2. The first-order valence-electron chi connectivity index (χ1n) is 7.42. The zero-order valence-electron chi connectivity index (χ0n) is 13.2.